The van der Waals surface area contributed by atoms with E-state index in [0.717, 1.165) is 15.3 Å². The van der Waals surface area contributed by atoms with Crippen molar-refractivity contribution in [2.45, 2.75) is 25.6 Å². The molecule has 3 nitrogen and oxygen atoms in total. The van der Waals surface area contributed by atoms with Gasteiger partial charge in [-0.05, 0) is 31.0 Å². The largest absolute Gasteiger partial charge is 0.287 e. The number of aromatic nitrogens is 1. The number of thiazole rings is 1. The van der Waals surface area contributed by atoms with Crippen LogP contribution < -0.4 is 4.90 Å². The van der Waals surface area contributed by atoms with Crippen molar-refractivity contribution in [1.82, 2.24) is 4.98 Å². The second kappa shape index (κ2) is 4.21. The normalized spacial score (nSPS) is 20.1. The van der Waals surface area contributed by atoms with Crippen molar-refractivity contribution >= 4 is 44.2 Å². The smallest absolute Gasteiger partial charge is 0.230 e. The maximum absolute atomic E-state index is 11.8. The third-order valence-corrected chi connectivity index (χ3v) is 4.72. The first-order valence-electron chi connectivity index (χ1n) is 5.87. The molecule has 1 saturated heterocycles. The Morgan fingerprint density at radius 1 is 1.44 bits per heavy atom. The minimum Gasteiger partial charge on any atom is -0.287 e. The highest BCUT2D eigenvalue weighted by Crippen LogP contribution is 2.34. The van der Waals surface area contributed by atoms with Crippen LogP contribution in [-0.4, -0.2) is 22.8 Å². The third kappa shape index (κ3) is 1.80. The van der Waals surface area contributed by atoms with Gasteiger partial charge in [-0.25, -0.2) is 4.98 Å². The van der Waals surface area contributed by atoms with Gasteiger partial charge in [-0.1, -0.05) is 17.4 Å². The first-order chi connectivity index (χ1) is 8.56. The molecule has 2 heterocycles. The zero-order chi connectivity index (χ0) is 12.9. The summed E-state index contributed by atoms with van der Waals surface area (Å²) in [4.78, 5) is 18.1. The maximum atomic E-state index is 11.8. The second-order valence-electron chi connectivity index (χ2n) is 4.66. The molecule has 0 saturated carbocycles. The topological polar surface area (TPSA) is 33.2 Å². The highest BCUT2D eigenvalue weighted by molar-refractivity contribution is 7.22. The van der Waals surface area contributed by atoms with Gasteiger partial charge in [0.05, 0.1) is 15.6 Å². The van der Waals surface area contributed by atoms with E-state index in [2.05, 4.69) is 31.0 Å². The molecule has 0 N–H and O–H groups in total. The molecule has 18 heavy (non-hydrogen) atoms. The SMILES string of the molecule is Cc1ccc2sc(N3CC(Cl)CC3=O)nc2c1C. The van der Waals surface area contributed by atoms with Gasteiger partial charge in [0, 0.05) is 13.0 Å². The molecule has 0 radical (unpaired) electrons. The van der Waals surface area contributed by atoms with Gasteiger partial charge in [0.1, 0.15) is 0 Å². The second-order valence-corrected chi connectivity index (χ2v) is 6.28. The zero-order valence-electron chi connectivity index (χ0n) is 10.2. The van der Waals surface area contributed by atoms with Crippen LogP contribution in [-0.2, 0) is 4.79 Å². The van der Waals surface area contributed by atoms with Crippen molar-refractivity contribution < 1.29 is 4.79 Å². The summed E-state index contributed by atoms with van der Waals surface area (Å²) in [5, 5.41) is 0.680. The Kier molecular flexibility index (Phi) is 2.79. The first kappa shape index (κ1) is 11.9. The van der Waals surface area contributed by atoms with Crippen LogP contribution in [0.15, 0.2) is 12.1 Å². The molecule has 1 aliphatic heterocycles. The number of hydrogen-bond acceptors (Lipinski definition) is 3. The molecule has 0 aliphatic carbocycles. The Labute approximate surface area is 114 Å². The number of rotatable bonds is 1. The fraction of sp³-hybridized carbons (Fsp3) is 0.385. The van der Waals surface area contributed by atoms with Crippen LogP contribution >= 0.6 is 22.9 Å². The Hall–Kier alpha value is -1.13. The summed E-state index contributed by atoms with van der Waals surface area (Å²) in [6.07, 6.45) is 0.412. The Balaban J connectivity index is 2.09. The van der Waals surface area contributed by atoms with Gasteiger partial charge in [0.25, 0.3) is 0 Å². The van der Waals surface area contributed by atoms with Crippen LogP contribution in [0.4, 0.5) is 5.13 Å². The molecule has 0 bridgehead atoms. The van der Waals surface area contributed by atoms with Crippen molar-refractivity contribution in [1.29, 1.82) is 0 Å². The minimum absolute atomic E-state index is 0.0726. The molecule has 0 spiro atoms. The van der Waals surface area contributed by atoms with Gasteiger partial charge in [-0.3, -0.25) is 9.69 Å². The van der Waals surface area contributed by atoms with Gasteiger partial charge < -0.3 is 0 Å². The fourth-order valence-electron chi connectivity index (χ4n) is 2.18. The third-order valence-electron chi connectivity index (χ3n) is 3.38. The van der Waals surface area contributed by atoms with Crippen LogP contribution in [0.25, 0.3) is 10.2 Å². The Bertz CT molecular complexity index is 637. The standard InChI is InChI=1S/C13H13ClN2OS/c1-7-3-4-10-12(8(7)2)15-13(18-10)16-6-9(14)5-11(16)17/h3-4,9H,5-6H2,1-2H3. The molecule has 3 rings (SSSR count). The van der Waals surface area contributed by atoms with E-state index in [9.17, 15) is 4.79 Å². The van der Waals surface area contributed by atoms with Gasteiger partial charge in [0.15, 0.2) is 5.13 Å². The fourth-order valence-corrected chi connectivity index (χ4v) is 3.50. The maximum Gasteiger partial charge on any atom is 0.230 e. The molecule has 1 aromatic carbocycles. The predicted octanol–water partition coefficient (Wildman–Crippen LogP) is 3.26. The lowest BCUT2D eigenvalue weighted by Gasteiger charge is -2.10. The summed E-state index contributed by atoms with van der Waals surface area (Å²) in [6, 6.07) is 4.16. The summed E-state index contributed by atoms with van der Waals surface area (Å²) in [5.41, 5.74) is 3.41. The number of carbonyl (C=O) groups is 1. The zero-order valence-corrected chi connectivity index (χ0v) is 11.8. The highest BCUT2D eigenvalue weighted by Gasteiger charge is 2.31. The van der Waals surface area contributed by atoms with Crippen LogP contribution in [0.1, 0.15) is 17.5 Å². The average Bonchev–Trinajstić information content (AvgIpc) is 2.87. The lowest BCUT2D eigenvalue weighted by atomic mass is 10.1. The van der Waals surface area contributed by atoms with E-state index in [1.807, 2.05) is 0 Å². The van der Waals surface area contributed by atoms with E-state index >= 15 is 0 Å². The lowest BCUT2D eigenvalue weighted by Crippen LogP contribution is -2.24. The Morgan fingerprint density at radius 3 is 2.89 bits per heavy atom. The molecule has 1 aliphatic rings. The van der Waals surface area contributed by atoms with Crippen LogP contribution in [0.3, 0.4) is 0 Å². The predicted molar refractivity (Wildman–Crippen MR) is 75.7 cm³/mol. The van der Waals surface area contributed by atoms with Crippen LogP contribution in [0.5, 0.6) is 0 Å². The number of amides is 1. The summed E-state index contributed by atoms with van der Waals surface area (Å²) >= 11 is 7.58. The molecular weight excluding hydrogens is 268 g/mol. The molecule has 94 valence electrons. The van der Waals surface area contributed by atoms with Crippen molar-refractivity contribution in [2.75, 3.05) is 11.4 Å². The molecule has 5 heteroatoms. The van der Waals surface area contributed by atoms with Gasteiger partial charge in [0.2, 0.25) is 5.91 Å². The van der Waals surface area contributed by atoms with Crippen LogP contribution in [0, 0.1) is 13.8 Å². The summed E-state index contributed by atoms with van der Waals surface area (Å²) < 4.78 is 1.12. The number of hydrogen-bond donors (Lipinski definition) is 0. The van der Waals surface area contributed by atoms with Crippen molar-refractivity contribution in [3.8, 4) is 0 Å². The van der Waals surface area contributed by atoms with E-state index in [-0.39, 0.29) is 11.3 Å². The van der Waals surface area contributed by atoms with Gasteiger partial charge >= 0.3 is 0 Å². The number of fused-ring (bicyclic) bond motifs is 1. The molecule has 1 atom stereocenters. The number of alkyl halides is 1. The van der Waals surface area contributed by atoms with E-state index < -0.39 is 0 Å². The molecule has 1 aromatic heterocycles. The van der Waals surface area contributed by atoms with Crippen molar-refractivity contribution in [3.05, 3.63) is 23.3 Å². The Morgan fingerprint density at radius 2 is 2.22 bits per heavy atom. The number of halogens is 1. The monoisotopic (exact) mass is 280 g/mol. The molecule has 1 amide bonds. The molecule has 1 unspecified atom stereocenters. The molecule has 2 aromatic rings. The van der Waals surface area contributed by atoms with Crippen molar-refractivity contribution in [2.24, 2.45) is 0 Å². The summed E-state index contributed by atoms with van der Waals surface area (Å²) in [7, 11) is 0. The number of carbonyl (C=O) groups excluding carboxylic acids is 1. The van der Waals surface area contributed by atoms with Crippen molar-refractivity contribution in [3.63, 3.8) is 0 Å². The summed E-state index contributed by atoms with van der Waals surface area (Å²) in [5.74, 6) is 0.0726. The molecular formula is C13H13ClN2OS. The van der Waals surface area contributed by atoms with E-state index in [1.54, 1.807) is 16.2 Å². The summed E-state index contributed by atoms with van der Waals surface area (Å²) in [6.45, 7) is 4.71. The number of benzene rings is 1. The van der Waals surface area contributed by atoms with Crippen LogP contribution in [0.2, 0.25) is 0 Å². The van der Waals surface area contributed by atoms with Gasteiger partial charge in [-0.2, -0.15) is 0 Å². The van der Waals surface area contributed by atoms with E-state index in [0.29, 0.717) is 13.0 Å². The highest BCUT2D eigenvalue weighted by atomic mass is 35.5. The first-order valence-corrected chi connectivity index (χ1v) is 7.12. The molecule has 1 fully saturated rings. The van der Waals surface area contributed by atoms with Gasteiger partial charge in [-0.15, -0.1) is 11.6 Å². The number of nitrogens with zero attached hydrogens (tertiary/aromatic N) is 2. The van der Waals surface area contributed by atoms with E-state index in [1.165, 1.54) is 11.1 Å². The minimum atomic E-state index is -0.0904. The quantitative estimate of drug-likeness (QED) is 0.751. The average molecular weight is 281 g/mol. The number of anilines is 1. The lowest BCUT2D eigenvalue weighted by molar-refractivity contribution is -0.117. The number of aryl methyl sites for hydroxylation is 2. The van der Waals surface area contributed by atoms with E-state index in [4.69, 9.17) is 11.6 Å².